The van der Waals surface area contributed by atoms with Gasteiger partial charge in [0.15, 0.2) is 0 Å². The summed E-state index contributed by atoms with van der Waals surface area (Å²) in [5.74, 6) is -0.0528. The number of aromatic nitrogens is 2. The zero-order valence-corrected chi connectivity index (χ0v) is 10.2. The molecule has 6 nitrogen and oxygen atoms in total. The Hall–Kier alpha value is -2.50. The van der Waals surface area contributed by atoms with Gasteiger partial charge in [0.25, 0.3) is 5.91 Å². The Morgan fingerprint density at radius 1 is 1.37 bits per heavy atom. The summed E-state index contributed by atoms with van der Waals surface area (Å²) in [6.07, 6.45) is 6.31. The van der Waals surface area contributed by atoms with Gasteiger partial charge in [0.05, 0.1) is 6.20 Å². The maximum Gasteiger partial charge on any atom is 0.270 e. The number of carbonyl (C=O) groups excluding carboxylic acids is 1. The molecule has 2 aromatic rings. The van der Waals surface area contributed by atoms with E-state index in [0.29, 0.717) is 23.3 Å². The van der Waals surface area contributed by atoms with Gasteiger partial charge in [-0.3, -0.25) is 4.79 Å². The van der Waals surface area contributed by atoms with Crippen LogP contribution in [0.4, 0.5) is 5.69 Å². The molecule has 1 amide bonds. The molecule has 0 fully saturated rings. The van der Waals surface area contributed by atoms with Gasteiger partial charge < -0.3 is 9.88 Å². The monoisotopic (exact) mass is 256 g/mol. The predicted molar refractivity (Wildman–Crippen MR) is 71.2 cm³/mol. The Morgan fingerprint density at radius 2 is 2.26 bits per heavy atom. The Kier molecular flexibility index (Phi) is 2.83. The van der Waals surface area contributed by atoms with E-state index >= 15 is 0 Å². The minimum Gasteiger partial charge on any atom is -0.335 e. The van der Waals surface area contributed by atoms with Gasteiger partial charge in [-0.05, 0) is 23.7 Å². The van der Waals surface area contributed by atoms with Gasteiger partial charge in [-0.25, -0.2) is 4.98 Å². The molecule has 1 aliphatic rings. The Bertz CT molecular complexity index is 674. The van der Waals surface area contributed by atoms with Crippen molar-refractivity contribution in [2.45, 2.75) is 6.42 Å². The second-order valence-corrected chi connectivity index (χ2v) is 4.42. The van der Waals surface area contributed by atoms with Crippen LogP contribution < -0.4 is 0 Å². The maximum absolute atomic E-state index is 12.3. The molecule has 1 N–H and O–H groups in total. The van der Waals surface area contributed by atoms with Gasteiger partial charge >= 0.3 is 0 Å². The lowest BCUT2D eigenvalue weighted by Gasteiger charge is -2.22. The molecule has 0 aliphatic carbocycles. The van der Waals surface area contributed by atoms with Crippen molar-refractivity contribution in [2.24, 2.45) is 5.18 Å². The number of nitroso groups, excluding NO2 is 1. The van der Waals surface area contributed by atoms with Crippen LogP contribution in [0.2, 0.25) is 0 Å². The summed E-state index contributed by atoms with van der Waals surface area (Å²) in [4.78, 5) is 31.5. The minimum atomic E-state index is -0.0528. The molecule has 96 valence electrons. The first-order valence-corrected chi connectivity index (χ1v) is 6.04. The van der Waals surface area contributed by atoms with Crippen molar-refractivity contribution in [3.05, 3.63) is 41.1 Å². The molecule has 1 aliphatic heterocycles. The van der Waals surface area contributed by atoms with E-state index < -0.39 is 0 Å². The highest BCUT2D eigenvalue weighted by Gasteiger charge is 2.18. The van der Waals surface area contributed by atoms with Gasteiger partial charge in [-0.15, -0.1) is 4.91 Å². The number of carbonyl (C=O) groups is 1. The van der Waals surface area contributed by atoms with Gasteiger partial charge in [0.1, 0.15) is 17.0 Å². The van der Waals surface area contributed by atoms with Crippen LogP contribution in [0.15, 0.2) is 35.7 Å². The van der Waals surface area contributed by atoms with E-state index in [1.165, 1.54) is 6.20 Å². The summed E-state index contributed by atoms with van der Waals surface area (Å²) in [6.45, 7) is 1.35. The third-order valence-electron chi connectivity index (χ3n) is 3.14. The number of fused-ring (bicyclic) bond motifs is 1. The Morgan fingerprint density at radius 3 is 3.00 bits per heavy atom. The van der Waals surface area contributed by atoms with Crippen molar-refractivity contribution in [1.29, 1.82) is 0 Å². The number of H-pyrrole nitrogens is 1. The molecule has 0 spiro atoms. The molecule has 0 bridgehead atoms. The molecule has 0 saturated heterocycles. The third-order valence-corrected chi connectivity index (χ3v) is 3.14. The SMILES string of the molecule is O=Nc1cnc2[nH]c(C(=O)N3CC=CCC3)cc2c1. The van der Waals surface area contributed by atoms with Crippen molar-refractivity contribution >= 4 is 22.6 Å². The first kappa shape index (κ1) is 11.6. The number of nitrogens with one attached hydrogen (secondary N) is 1. The average molecular weight is 256 g/mol. The van der Waals surface area contributed by atoms with E-state index in [9.17, 15) is 9.70 Å². The van der Waals surface area contributed by atoms with Crippen molar-refractivity contribution in [1.82, 2.24) is 14.9 Å². The van der Waals surface area contributed by atoms with Crippen molar-refractivity contribution < 1.29 is 4.79 Å². The number of hydrogen-bond donors (Lipinski definition) is 1. The van der Waals surface area contributed by atoms with Crippen LogP contribution in [-0.4, -0.2) is 33.9 Å². The number of rotatable bonds is 2. The standard InChI is InChI=1S/C13H12N4O2/c18-13(17-4-2-1-3-5-17)11-7-9-6-10(16-19)8-14-12(9)15-11/h1-2,6-8H,3-5H2,(H,14,15). The maximum atomic E-state index is 12.3. The van der Waals surface area contributed by atoms with Crippen molar-refractivity contribution in [3.8, 4) is 0 Å². The quantitative estimate of drug-likeness (QED) is 0.661. The predicted octanol–water partition coefficient (Wildman–Crippen LogP) is 2.36. The number of nitrogens with zero attached hydrogens (tertiary/aromatic N) is 3. The van der Waals surface area contributed by atoms with E-state index in [4.69, 9.17) is 0 Å². The van der Waals surface area contributed by atoms with E-state index in [2.05, 4.69) is 21.2 Å². The lowest BCUT2D eigenvalue weighted by Crippen LogP contribution is -2.33. The van der Waals surface area contributed by atoms with Crippen LogP contribution in [0.5, 0.6) is 0 Å². The first-order chi connectivity index (χ1) is 9.28. The van der Waals surface area contributed by atoms with Crippen LogP contribution in [0.1, 0.15) is 16.9 Å². The highest BCUT2D eigenvalue weighted by atomic mass is 16.3. The van der Waals surface area contributed by atoms with Crippen LogP contribution in [0.25, 0.3) is 11.0 Å². The van der Waals surface area contributed by atoms with E-state index in [1.54, 1.807) is 17.0 Å². The second-order valence-electron chi connectivity index (χ2n) is 4.42. The summed E-state index contributed by atoms with van der Waals surface area (Å²) in [7, 11) is 0. The highest BCUT2D eigenvalue weighted by Crippen LogP contribution is 2.20. The number of pyridine rings is 1. The molecule has 0 saturated carbocycles. The molecule has 0 unspecified atom stereocenters. The Balaban J connectivity index is 1.94. The van der Waals surface area contributed by atoms with Gasteiger partial charge in [0, 0.05) is 18.5 Å². The smallest absolute Gasteiger partial charge is 0.270 e. The lowest BCUT2D eigenvalue weighted by molar-refractivity contribution is 0.0766. The van der Waals surface area contributed by atoms with E-state index in [-0.39, 0.29) is 11.6 Å². The highest BCUT2D eigenvalue weighted by molar-refractivity contribution is 5.97. The van der Waals surface area contributed by atoms with Crippen LogP contribution in [0, 0.1) is 4.91 Å². The lowest BCUT2D eigenvalue weighted by atomic mass is 10.2. The summed E-state index contributed by atoms with van der Waals surface area (Å²) in [5, 5.41) is 3.55. The molecule has 3 rings (SSSR count). The molecule has 0 aromatic carbocycles. The van der Waals surface area contributed by atoms with E-state index in [0.717, 1.165) is 13.0 Å². The molecule has 6 heteroatoms. The normalized spacial score (nSPS) is 14.8. The van der Waals surface area contributed by atoms with Gasteiger partial charge in [-0.1, -0.05) is 12.2 Å². The number of hydrogen-bond acceptors (Lipinski definition) is 4. The fourth-order valence-corrected chi connectivity index (χ4v) is 2.16. The van der Waals surface area contributed by atoms with Crippen LogP contribution in [-0.2, 0) is 0 Å². The molecule has 3 heterocycles. The third kappa shape index (κ3) is 2.12. The fraction of sp³-hybridized carbons (Fsp3) is 0.231. The molecular formula is C13H12N4O2. The number of amides is 1. The molecule has 0 radical (unpaired) electrons. The molecule has 19 heavy (non-hydrogen) atoms. The molecular weight excluding hydrogens is 244 g/mol. The minimum absolute atomic E-state index is 0.0528. The van der Waals surface area contributed by atoms with Crippen LogP contribution >= 0.6 is 0 Å². The summed E-state index contributed by atoms with van der Waals surface area (Å²) in [6, 6.07) is 3.32. The summed E-state index contributed by atoms with van der Waals surface area (Å²) < 4.78 is 0. The van der Waals surface area contributed by atoms with E-state index in [1.807, 2.05) is 6.08 Å². The van der Waals surface area contributed by atoms with Crippen molar-refractivity contribution in [2.75, 3.05) is 13.1 Å². The first-order valence-electron chi connectivity index (χ1n) is 6.04. The Labute approximate surface area is 109 Å². The summed E-state index contributed by atoms with van der Waals surface area (Å²) in [5.41, 5.74) is 1.33. The topological polar surface area (TPSA) is 78.4 Å². The number of aromatic amines is 1. The second kappa shape index (κ2) is 4.64. The van der Waals surface area contributed by atoms with Gasteiger partial charge in [-0.2, -0.15) is 0 Å². The largest absolute Gasteiger partial charge is 0.335 e. The zero-order valence-electron chi connectivity index (χ0n) is 10.2. The summed E-state index contributed by atoms with van der Waals surface area (Å²) >= 11 is 0. The molecule has 2 aromatic heterocycles. The fourth-order valence-electron chi connectivity index (χ4n) is 2.16. The van der Waals surface area contributed by atoms with Crippen LogP contribution in [0.3, 0.4) is 0 Å². The zero-order chi connectivity index (χ0) is 13.2. The van der Waals surface area contributed by atoms with Crippen molar-refractivity contribution in [3.63, 3.8) is 0 Å². The van der Waals surface area contributed by atoms with Gasteiger partial charge in [0.2, 0.25) is 0 Å². The average Bonchev–Trinajstić information content (AvgIpc) is 2.90. The molecule has 0 atom stereocenters.